The highest BCUT2D eigenvalue weighted by Gasteiger charge is 2.27. The van der Waals surface area contributed by atoms with E-state index in [1.54, 1.807) is 32.3 Å². The molecule has 3 aromatic rings. The summed E-state index contributed by atoms with van der Waals surface area (Å²) in [5.41, 5.74) is 4.31. The highest BCUT2D eigenvalue weighted by molar-refractivity contribution is 5.93. The summed E-state index contributed by atoms with van der Waals surface area (Å²) in [5.74, 6) is 1.90. The number of aryl methyl sites for hydroxylation is 2. The van der Waals surface area contributed by atoms with Gasteiger partial charge in [0.15, 0.2) is 23.0 Å². The first-order valence-corrected chi connectivity index (χ1v) is 11.7. The summed E-state index contributed by atoms with van der Waals surface area (Å²) < 4.78 is 27.8. The zero-order chi connectivity index (χ0) is 24.9. The van der Waals surface area contributed by atoms with Gasteiger partial charge in [-0.05, 0) is 61.6 Å². The number of nitrogens with zero attached hydrogens (tertiary/aromatic N) is 2. The predicted octanol–water partition coefficient (Wildman–Crippen LogP) is 4.81. The van der Waals surface area contributed by atoms with Gasteiger partial charge in [-0.3, -0.25) is 4.79 Å². The van der Waals surface area contributed by atoms with Crippen LogP contribution in [0.15, 0.2) is 40.9 Å². The molecule has 0 aliphatic carbocycles. The summed E-state index contributed by atoms with van der Waals surface area (Å²) in [6, 6.07) is 11.4. The molecule has 1 aromatic heterocycles. The van der Waals surface area contributed by atoms with Crippen molar-refractivity contribution in [3.8, 4) is 28.6 Å². The van der Waals surface area contributed by atoms with Crippen molar-refractivity contribution in [1.29, 1.82) is 0 Å². The van der Waals surface area contributed by atoms with E-state index in [0.717, 1.165) is 29.5 Å². The highest BCUT2D eigenvalue weighted by Crippen LogP contribution is 2.38. The summed E-state index contributed by atoms with van der Waals surface area (Å²) in [4.78, 5) is 15.3. The van der Waals surface area contributed by atoms with Crippen molar-refractivity contribution in [3.05, 3.63) is 58.8 Å². The minimum atomic E-state index is -0.229. The van der Waals surface area contributed by atoms with Gasteiger partial charge in [0.25, 0.3) is 5.91 Å². The van der Waals surface area contributed by atoms with Gasteiger partial charge in [0.2, 0.25) is 5.75 Å². The van der Waals surface area contributed by atoms with E-state index < -0.39 is 0 Å². The number of aromatic nitrogens is 1. The van der Waals surface area contributed by atoms with Crippen LogP contribution in [0.5, 0.6) is 17.2 Å². The maximum Gasteiger partial charge on any atom is 0.276 e. The second-order valence-corrected chi connectivity index (χ2v) is 8.73. The molecule has 0 unspecified atom stereocenters. The Morgan fingerprint density at radius 1 is 1.03 bits per heavy atom. The standard InChI is InChI=1S/C27H32N2O6/c1-17-8-9-20(11-18(17)2)23-14-22(28-35-23)27(30)29(16-21-7-6-10-34-21)15-19-12-24(31-3)26(33-5)25(13-19)32-4/h8-9,11-14,21H,6-7,10,15-16H2,1-5H3/t21-/m1/s1. The van der Waals surface area contributed by atoms with Crippen LogP contribution in [0, 0.1) is 13.8 Å². The second kappa shape index (κ2) is 10.8. The van der Waals surface area contributed by atoms with Gasteiger partial charge in [0.05, 0.1) is 27.4 Å². The molecule has 8 nitrogen and oxygen atoms in total. The lowest BCUT2D eigenvalue weighted by Crippen LogP contribution is -2.37. The van der Waals surface area contributed by atoms with Gasteiger partial charge in [-0.15, -0.1) is 0 Å². The second-order valence-electron chi connectivity index (χ2n) is 8.73. The van der Waals surface area contributed by atoms with Crippen molar-refractivity contribution in [1.82, 2.24) is 10.1 Å². The lowest BCUT2D eigenvalue weighted by atomic mass is 10.0. The SMILES string of the molecule is COc1cc(CN(C[C@H]2CCCO2)C(=O)c2cc(-c3ccc(C)c(C)c3)on2)cc(OC)c1OC. The Balaban J connectivity index is 1.62. The number of hydrogen-bond donors (Lipinski definition) is 0. The van der Waals surface area contributed by atoms with Crippen molar-refractivity contribution in [2.75, 3.05) is 34.5 Å². The fourth-order valence-corrected chi connectivity index (χ4v) is 4.27. The molecule has 2 heterocycles. The Hall–Kier alpha value is -3.52. The summed E-state index contributed by atoms with van der Waals surface area (Å²) in [5, 5.41) is 4.10. The molecular weight excluding hydrogens is 448 g/mol. The molecule has 0 spiro atoms. The molecule has 186 valence electrons. The lowest BCUT2D eigenvalue weighted by Gasteiger charge is -2.25. The van der Waals surface area contributed by atoms with Crippen molar-refractivity contribution in [2.45, 2.75) is 39.3 Å². The van der Waals surface area contributed by atoms with Gasteiger partial charge < -0.3 is 28.4 Å². The van der Waals surface area contributed by atoms with E-state index >= 15 is 0 Å². The molecule has 0 bridgehead atoms. The monoisotopic (exact) mass is 480 g/mol. The van der Waals surface area contributed by atoms with Crippen LogP contribution >= 0.6 is 0 Å². The smallest absolute Gasteiger partial charge is 0.276 e. The van der Waals surface area contributed by atoms with E-state index in [9.17, 15) is 4.79 Å². The van der Waals surface area contributed by atoms with E-state index in [-0.39, 0.29) is 17.7 Å². The average molecular weight is 481 g/mol. The molecule has 1 saturated heterocycles. The summed E-state index contributed by atoms with van der Waals surface area (Å²) in [6.07, 6.45) is 1.87. The van der Waals surface area contributed by atoms with Crippen LogP contribution in [0.25, 0.3) is 11.3 Å². The molecule has 4 rings (SSSR count). The topological polar surface area (TPSA) is 83.3 Å². The number of amides is 1. The fraction of sp³-hybridized carbons (Fsp3) is 0.407. The van der Waals surface area contributed by atoms with Crippen LogP contribution in [-0.2, 0) is 11.3 Å². The predicted molar refractivity (Wildman–Crippen MR) is 131 cm³/mol. The number of carbonyl (C=O) groups excluding carboxylic acids is 1. The lowest BCUT2D eigenvalue weighted by molar-refractivity contribution is 0.0499. The van der Waals surface area contributed by atoms with Crippen molar-refractivity contribution in [3.63, 3.8) is 0 Å². The van der Waals surface area contributed by atoms with Crippen LogP contribution in [0.1, 0.15) is 40.0 Å². The van der Waals surface area contributed by atoms with Crippen molar-refractivity contribution < 1.29 is 28.3 Å². The van der Waals surface area contributed by atoms with E-state index in [1.807, 2.05) is 37.3 Å². The zero-order valence-corrected chi connectivity index (χ0v) is 20.9. The summed E-state index contributed by atoms with van der Waals surface area (Å²) >= 11 is 0. The maximum atomic E-state index is 13.6. The first-order chi connectivity index (χ1) is 16.9. The Morgan fingerprint density at radius 3 is 2.37 bits per heavy atom. The molecule has 8 heteroatoms. The van der Waals surface area contributed by atoms with Gasteiger partial charge in [0, 0.05) is 31.3 Å². The molecular formula is C27H32N2O6. The Kier molecular flexibility index (Phi) is 7.60. The first-order valence-electron chi connectivity index (χ1n) is 11.7. The average Bonchev–Trinajstić information content (AvgIpc) is 3.57. The fourth-order valence-electron chi connectivity index (χ4n) is 4.27. The van der Waals surface area contributed by atoms with Gasteiger partial charge >= 0.3 is 0 Å². The van der Waals surface area contributed by atoms with E-state index in [2.05, 4.69) is 12.1 Å². The Labute approximate surface area is 205 Å². The van der Waals surface area contributed by atoms with E-state index in [0.29, 0.717) is 42.7 Å². The van der Waals surface area contributed by atoms with Crippen LogP contribution in [-0.4, -0.2) is 56.5 Å². The van der Waals surface area contributed by atoms with Crippen LogP contribution in [0.2, 0.25) is 0 Å². The number of methoxy groups -OCH3 is 3. The third kappa shape index (κ3) is 5.43. The van der Waals surface area contributed by atoms with Crippen molar-refractivity contribution >= 4 is 5.91 Å². The molecule has 1 aliphatic heterocycles. The number of hydrogen-bond acceptors (Lipinski definition) is 7. The quantitative estimate of drug-likeness (QED) is 0.435. The normalized spacial score (nSPS) is 15.2. The molecule has 1 fully saturated rings. The number of rotatable bonds is 9. The molecule has 1 amide bonds. The zero-order valence-electron chi connectivity index (χ0n) is 20.9. The van der Waals surface area contributed by atoms with Gasteiger partial charge in [-0.1, -0.05) is 17.3 Å². The van der Waals surface area contributed by atoms with Gasteiger partial charge in [0.1, 0.15) is 0 Å². The highest BCUT2D eigenvalue weighted by atomic mass is 16.5. The third-order valence-corrected chi connectivity index (χ3v) is 6.35. The van der Waals surface area contributed by atoms with Crippen molar-refractivity contribution in [2.24, 2.45) is 0 Å². The number of ether oxygens (including phenoxy) is 4. The minimum Gasteiger partial charge on any atom is -0.493 e. The van der Waals surface area contributed by atoms with Crippen LogP contribution in [0.3, 0.4) is 0 Å². The Bertz CT molecular complexity index is 1160. The minimum absolute atomic E-state index is 0.0212. The molecule has 1 aliphatic rings. The van der Waals surface area contributed by atoms with E-state index in [4.69, 9.17) is 23.5 Å². The van der Waals surface area contributed by atoms with Crippen LogP contribution in [0.4, 0.5) is 0 Å². The largest absolute Gasteiger partial charge is 0.493 e. The van der Waals surface area contributed by atoms with Gasteiger partial charge in [-0.25, -0.2) is 0 Å². The molecule has 0 radical (unpaired) electrons. The van der Waals surface area contributed by atoms with Gasteiger partial charge in [-0.2, -0.15) is 0 Å². The first kappa shape index (κ1) is 24.6. The van der Waals surface area contributed by atoms with E-state index in [1.165, 1.54) is 5.56 Å². The number of carbonyl (C=O) groups is 1. The summed E-state index contributed by atoms with van der Waals surface area (Å²) in [7, 11) is 4.70. The third-order valence-electron chi connectivity index (χ3n) is 6.35. The molecule has 0 saturated carbocycles. The van der Waals surface area contributed by atoms with Crippen LogP contribution < -0.4 is 14.2 Å². The maximum absolute atomic E-state index is 13.6. The molecule has 1 atom stereocenters. The Morgan fingerprint density at radius 2 is 1.77 bits per heavy atom. The summed E-state index contributed by atoms with van der Waals surface area (Å²) in [6.45, 7) is 5.57. The number of benzene rings is 2. The molecule has 2 aromatic carbocycles. The molecule has 0 N–H and O–H groups in total. The molecule has 35 heavy (non-hydrogen) atoms.